The highest BCUT2D eigenvalue weighted by molar-refractivity contribution is 9.12. The summed E-state index contributed by atoms with van der Waals surface area (Å²) in [7, 11) is 4.20. The van der Waals surface area contributed by atoms with Gasteiger partial charge in [-0.25, -0.2) is 4.79 Å². The number of aliphatic hydroxyl groups is 1. The van der Waals surface area contributed by atoms with Gasteiger partial charge in [0.25, 0.3) is 5.91 Å². The topological polar surface area (TPSA) is 163 Å². The minimum absolute atomic E-state index is 0.111. The van der Waals surface area contributed by atoms with E-state index in [4.69, 9.17) is 24.7 Å². The molecule has 0 fully saturated rings. The Balaban J connectivity index is 2.65. The smallest absolute Gasteiger partial charge is 0.405 e. The van der Waals surface area contributed by atoms with Gasteiger partial charge < -0.3 is 35.1 Å². The lowest BCUT2D eigenvalue weighted by atomic mass is 9.85. The number of methoxy groups -OCH3 is 3. The molecule has 0 saturated carbocycles. The number of hydrogen-bond acceptors (Lipinski definition) is 9. The molecule has 2 amide bonds. The number of nitrogens with two attached hydrogens (primary N) is 1. The second kappa shape index (κ2) is 15.2. The van der Waals surface area contributed by atoms with Gasteiger partial charge in [-0.15, -0.1) is 0 Å². The van der Waals surface area contributed by atoms with Gasteiger partial charge in [0.15, 0.2) is 11.9 Å². The van der Waals surface area contributed by atoms with Crippen molar-refractivity contribution < 1.29 is 43.2 Å². The van der Waals surface area contributed by atoms with Gasteiger partial charge >= 0.3 is 6.09 Å². The van der Waals surface area contributed by atoms with E-state index in [0.29, 0.717) is 12.0 Å². The minimum atomic E-state index is -1.01. The summed E-state index contributed by atoms with van der Waals surface area (Å²) in [4.78, 5) is 51.3. The average molecular weight is 640 g/mol. The third-order valence-electron chi connectivity index (χ3n) is 7.05. The number of halogens is 1. The van der Waals surface area contributed by atoms with Crippen LogP contribution in [-0.2, 0) is 33.3 Å². The number of rotatable bonds is 4. The second-order valence-electron chi connectivity index (χ2n) is 10.2. The Labute approximate surface area is 248 Å². The van der Waals surface area contributed by atoms with Crippen LogP contribution in [0.4, 0.5) is 4.79 Å². The fourth-order valence-corrected chi connectivity index (χ4v) is 5.27. The summed E-state index contributed by atoms with van der Waals surface area (Å²) < 4.78 is 21.7. The number of aliphatic hydroxyl groups excluding tert-OH is 1. The number of nitrogens with one attached hydrogen (secondary N) is 1. The van der Waals surface area contributed by atoms with Crippen molar-refractivity contribution in [1.82, 2.24) is 5.32 Å². The van der Waals surface area contributed by atoms with E-state index >= 15 is 0 Å². The zero-order chi connectivity index (χ0) is 31.0. The van der Waals surface area contributed by atoms with E-state index in [-0.39, 0.29) is 39.4 Å². The Hall–Kier alpha value is -3.06. The van der Waals surface area contributed by atoms with Crippen molar-refractivity contribution in [2.24, 2.45) is 17.6 Å². The van der Waals surface area contributed by atoms with Gasteiger partial charge in [-0.1, -0.05) is 38.2 Å². The summed E-state index contributed by atoms with van der Waals surface area (Å²) in [6.07, 6.45) is 2.47. The standard InChI is InChI=1S/C29H39BrN2O9/c1-14-11-18-24(34)22(21(30)25(35)27(18)40-7)32-28(36)15(2)9-8-10-19(38-5)26(41-29(31)37)17(4)13-16(3)23(33)20(12-14)39-6/h8-10,13-14,16,19-20,23,26,33H,11-12H2,1-7H3,(H2,31,37)(H,32,36)/b10-8-,15-9+,17-13+/t14-,16+,19+,20+,23-,26+/m1/s1. The molecular formula is C29H39BrN2O9. The molecule has 6 atom stereocenters. The molecule has 0 aromatic heterocycles. The Kier molecular flexibility index (Phi) is 12.7. The van der Waals surface area contributed by atoms with Gasteiger partial charge in [-0.3, -0.25) is 14.4 Å². The van der Waals surface area contributed by atoms with Crippen molar-refractivity contribution in [2.45, 2.75) is 65.0 Å². The summed E-state index contributed by atoms with van der Waals surface area (Å²) in [5.41, 5.74) is 6.05. The SMILES string of the molecule is COC1=C2C[C@@H](C)C[C@H](OC)[C@H](O)[C@@H](C)/C=C(\C)[C@H](OC(N)=O)[C@@H](OC)/C=C\C=C(/C)C(=O)NC(=C(Br)C1=O)C2=O. The molecule has 4 N–H and O–H groups in total. The van der Waals surface area contributed by atoms with Crippen LogP contribution in [0.5, 0.6) is 0 Å². The first-order valence-corrected chi connectivity index (χ1v) is 13.9. The van der Waals surface area contributed by atoms with Crippen molar-refractivity contribution in [3.63, 3.8) is 0 Å². The maximum atomic E-state index is 13.5. The largest absolute Gasteiger partial charge is 0.492 e. The number of fused-ring (bicyclic) bond motifs is 2. The first kappa shape index (κ1) is 34.1. The third-order valence-corrected chi connectivity index (χ3v) is 7.80. The highest BCUT2D eigenvalue weighted by Crippen LogP contribution is 2.33. The molecule has 11 nitrogen and oxygen atoms in total. The predicted octanol–water partition coefficient (Wildman–Crippen LogP) is 3.13. The molecular weight excluding hydrogens is 600 g/mol. The van der Waals surface area contributed by atoms with Crippen LogP contribution in [0.25, 0.3) is 0 Å². The van der Waals surface area contributed by atoms with Gasteiger partial charge in [0.05, 0.1) is 23.8 Å². The second-order valence-corrected chi connectivity index (χ2v) is 11.0. The van der Waals surface area contributed by atoms with Crippen LogP contribution in [0.15, 0.2) is 57.0 Å². The number of hydrogen-bond donors (Lipinski definition) is 3. The number of ketones is 2. The van der Waals surface area contributed by atoms with E-state index in [1.165, 1.54) is 40.4 Å². The average Bonchev–Trinajstić information content (AvgIpc) is 2.92. The summed E-state index contributed by atoms with van der Waals surface area (Å²) in [6, 6.07) is 0. The van der Waals surface area contributed by atoms with Crippen LogP contribution in [0, 0.1) is 11.8 Å². The number of carbonyl (C=O) groups excluding carboxylic acids is 4. The van der Waals surface area contributed by atoms with Gasteiger partial charge in [-0.05, 0) is 54.1 Å². The molecule has 1 aliphatic heterocycles. The lowest BCUT2D eigenvalue weighted by molar-refractivity contribution is -0.121. The number of ether oxygens (including phenoxy) is 4. The van der Waals surface area contributed by atoms with Crippen LogP contribution in [0.3, 0.4) is 0 Å². The third kappa shape index (κ3) is 8.48. The normalized spacial score (nSPS) is 32.5. The molecule has 2 rings (SSSR count). The fraction of sp³-hybridized carbons (Fsp3) is 0.517. The predicted molar refractivity (Wildman–Crippen MR) is 154 cm³/mol. The van der Waals surface area contributed by atoms with Crippen LogP contribution >= 0.6 is 15.9 Å². The maximum absolute atomic E-state index is 13.5. The summed E-state index contributed by atoms with van der Waals surface area (Å²) >= 11 is 3.15. The Bertz CT molecular complexity index is 1200. The zero-order valence-electron chi connectivity index (χ0n) is 24.4. The molecule has 0 spiro atoms. The molecule has 0 unspecified atom stereocenters. The molecule has 2 bridgehead atoms. The number of primary amides is 1. The van der Waals surface area contributed by atoms with E-state index in [9.17, 15) is 24.3 Å². The van der Waals surface area contributed by atoms with E-state index in [2.05, 4.69) is 21.2 Å². The van der Waals surface area contributed by atoms with Crippen molar-refractivity contribution in [3.8, 4) is 0 Å². The van der Waals surface area contributed by atoms with Gasteiger partial charge in [-0.2, -0.15) is 0 Å². The quantitative estimate of drug-likeness (QED) is 0.310. The van der Waals surface area contributed by atoms with Crippen molar-refractivity contribution in [1.29, 1.82) is 0 Å². The first-order valence-electron chi connectivity index (χ1n) is 13.1. The van der Waals surface area contributed by atoms with Crippen LogP contribution in [-0.4, -0.2) is 74.4 Å². The maximum Gasteiger partial charge on any atom is 0.405 e. The number of Topliss-reactive ketones (excluding diaryl/α,β-unsaturated/α-hetero) is 2. The van der Waals surface area contributed by atoms with E-state index in [1.807, 2.05) is 6.92 Å². The van der Waals surface area contributed by atoms with E-state index < -0.39 is 53.9 Å². The monoisotopic (exact) mass is 638 g/mol. The Morgan fingerprint density at radius 3 is 2.32 bits per heavy atom. The van der Waals surface area contributed by atoms with Crippen LogP contribution in [0.1, 0.15) is 40.5 Å². The summed E-state index contributed by atoms with van der Waals surface area (Å²) in [5.74, 6) is -2.54. The zero-order valence-corrected chi connectivity index (χ0v) is 25.9. The highest BCUT2D eigenvalue weighted by atomic mass is 79.9. The number of carbonyl (C=O) groups is 4. The fourth-order valence-electron chi connectivity index (χ4n) is 4.81. The molecule has 226 valence electrons. The van der Waals surface area contributed by atoms with Crippen LogP contribution in [0.2, 0.25) is 0 Å². The van der Waals surface area contributed by atoms with Gasteiger partial charge in [0.1, 0.15) is 11.8 Å². The molecule has 0 aromatic carbocycles. The van der Waals surface area contributed by atoms with Crippen molar-refractivity contribution in [2.75, 3.05) is 21.3 Å². The van der Waals surface area contributed by atoms with Crippen molar-refractivity contribution in [3.05, 3.63) is 57.0 Å². The lowest BCUT2D eigenvalue weighted by Crippen LogP contribution is -2.37. The Morgan fingerprint density at radius 1 is 1.10 bits per heavy atom. The molecule has 41 heavy (non-hydrogen) atoms. The van der Waals surface area contributed by atoms with Crippen molar-refractivity contribution >= 4 is 39.5 Å². The summed E-state index contributed by atoms with van der Waals surface area (Å²) in [6.45, 7) is 6.91. The van der Waals surface area contributed by atoms with Gasteiger partial charge in [0.2, 0.25) is 11.6 Å². The number of amides is 2. The summed E-state index contributed by atoms with van der Waals surface area (Å²) in [5, 5.41) is 13.7. The van der Waals surface area contributed by atoms with E-state index in [1.54, 1.807) is 26.0 Å². The lowest BCUT2D eigenvalue weighted by Gasteiger charge is -2.30. The van der Waals surface area contributed by atoms with E-state index in [0.717, 1.165) is 0 Å². The van der Waals surface area contributed by atoms with Gasteiger partial charge in [0, 0.05) is 31.3 Å². The molecule has 12 heteroatoms. The van der Waals surface area contributed by atoms with Crippen LogP contribution < -0.4 is 11.1 Å². The molecule has 2 aliphatic rings. The molecule has 1 heterocycles. The Morgan fingerprint density at radius 2 is 1.76 bits per heavy atom. The molecule has 1 aliphatic carbocycles. The molecule has 0 aromatic rings. The molecule has 0 radical (unpaired) electrons. The highest BCUT2D eigenvalue weighted by Gasteiger charge is 2.37. The first-order chi connectivity index (χ1) is 19.3. The molecule has 0 saturated heterocycles. The minimum Gasteiger partial charge on any atom is -0.492 e. The number of allylic oxidation sites excluding steroid dienone is 4.